The van der Waals surface area contributed by atoms with Gasteiger partial charge in [0, 0.05) is 23.5 Å². The van der Waals surface area contributed by atoms with Crippen LogP contribution in [0.2, 0.25) is 0 Å². The third-order valence-electron chi connectivity index (χ3n) is 2.85. The lowest BCUT2D eigenvalue weighted by molar-refractivity contribution is 0.306. The Morgan fingerprint density at radius 1 is 1.15 bits per heavy atom. The molecule has 0 radical (unpaired) electrons. The maximum absolute atomic E-state index is 5.75. The van der Waals surface area contributed by atoms with Gasteiger partial charge in [0.15, 0.2) is 0 Å². The molecule has 1 aromatic carbocycles. The fourth-order valence-electron chi connectivity index (χ4n) is 1.82. The second kappa shape index (κ2) is 5.44. The minimum atomic E-state index is 0.485. The van der Waals surface area contributed by atoms with E-state index in [1.54, 1.807) is 12.4 Å². The molecular formula is C15H13N3O2. The number of rotatable bonds is 4. The average Bonchev–Trinajstić information content (AvgIpc) is 2.93. The van der Waals surface area contributed by atoms with Crippen molar-refractivity contribution in [3.8, 4) is 17.0 Å². The summed E-state index contributed by atoms with van der Waals surface area (Å²) in [6.45, 7) is 0.485. The summed E-state index contributed by atoms with van der Waals surface area (Å²) in [6.07, 6.45) is 4.94. The zero-order valence-electron chi connectivity index (χ0n) is 10.7. The largest absolute Gasteiger partial charge is 0.489 e. The number of pyridine rings is 1. The maximum atomic E-state index is 5.75. The summed E-state index contributed by atoms with van der Waals surface area (Å²) in [4.78, 5) is 4.04. The summed E-state index contributed by atoms with van der Waals surface area (Å²) in [5, 5.41) is 3.86. The van der Waals surface area contributed by atoms with Crippen LogP contribution in [0.25, 0.3) is 11.3 Å². The van der Waals surface area contributed by atoms with E-state index in [1.165, 1.54) is 6.26 Å². The fourth-order valence-corrected chi connectivity index (χ4v) is 1.82. The van der Waals surface area contributed by atoms with Gasteiger partial charge in [0.2, 0.25) is 0 Å². The molecule has 0 saturated carbocycles. The molecular weight excluding hydrogens is 254 g/mol. The van der Waals surface area contributed by atoms with Gasteiger partial charge in [0.05, 0.1) is 0 Å². The van der Waals surface area contributed by atoms with Crippen LogP contribution in [0.15, 0.2) is 59.6 Å². The molecule has 2 N–H and O–H groups in total. The van der Waals surface area contributed by atoms with Crippen LogP contribution in [0.3, 0.4) is 0 Å². The summed E-state index contributed by atoms with van der Waals surface area (Å²) in [5.74, 6) is 0.777. The lowest BCUT2D eigenvalue weighted by Crippen LogP contribution is -1.95. The highest BCUT2D eigenvalue weighted by Gasteiger charge is 2.07. The van der Waals surface area contributed by atoms with Crippen molar-refractivity contribution in [2.24, 2.45) is 0 Å². The second-order valence-corrected chi connectivity index (χ2v) is 4.29. The van der Waals surface area contributed by atoms with Gasteiger partial charge in [-0.05, 0) is 30.3 Å². The predicted molar refractivity (Wildman–Crippen MR) is 74.9 cm³/mol. The van der Waals surface area contributed by atoms with Gasteiger partial charge in [-0.25, -0.2) is 0 Å². The molecule has 0 aliphatic heterocycles. The highest BCUT2D eigenvalue weighted by molar-refractivity contribution is 5.71. The van der Waals surface area contributed by atoms with Gasteiger partial charge in [-0.3, -0.25) is 4.98 Å². The van der Waals surface area contributed by atoms with Crippen LogP contribution in [0.5, 0.6) is 5.75 Å². The van der Waals surface area contributed by atoms with Gasteiger partial charge in [-0.2, -0.15) is 0 Å². The van der Waals surface area contributed by atoms with Crippen LogP contribution in [-0.2, 0) is 6.61 Å². The summed E-state index contributed by atoms with van der Waals surface area (Å²) in [5.41, 5.74) is 8.83. The van der Waals surface area contributed by atoms with Crippen molar-refractivity contribution in [2.45, 2.75) is 6.61 Å². The van der Waals surface area contributed by atoms with Crippen LogP contribution >= 0.6 is 0 Å². The topological polar surface area (TPSA) is 74.2 Å². The lowest BCUT2D eigenvalue weighted by Gasteiger charge is -2.06. The maximum Gasteiger partial charge on any atom is 0.147 e. The van der Waals surface area contributed by atoms with E-state index < -0.39 is 0 Å². The Bertz CT molecular complexity index is 678. The van der Waals surface area contributed by atoms with E-state index in [0.29, 0.717) is 18.0 Å². The zero-order chi connectivity index (χ0) is 13.8. The third kappa shape index (κ3) is 2.61. The van der Waals surface area contributed by atoms with Crippen LogP contribution in [-0.4, -0.2) is 10.1 Å². The van der Waals surface area contributed by atoms with E-state index in [-0.39, 0.29) is 0 Å². The molecule has 3 aromatic rings. The lowest BCUT2D eigenvalue weighted by atomic mass is 10.1. The summed E-state index contributed by atoms with van der Waals surface area (Å²) in [7, 11) is 0. The Morgan fingerprint density at radius 2 is 2.00 bits per heavy atom. The Kier molecular flexibility index (Phi) is 3.33. The second-order valence-electron chi connectivity index (χ2n) is 4.29. The van der Waals surface area contributed by atoms with Gasteiger partial charge in [0.1, 0.15) is 30.0 Å². The average molecular weight is 267 g/mol. The molecule has 3 rings (SSSR count). The van der Waals surface area contributed by atoms with Crippen molar-refractivity contribution >= 4 is 5.69 Å². The highest BCUT2D eigenvalue weighted by atomic mass is 16.5. The SMILES string of the molecule is Nc1conc1-c1ccc(OCc2cccnc2)cc1. The molecule has 0 bridgehead atoms. The number of anilines is 1. The first-order valence-electron chi connectivity index (χ1n) is 6.15. The molecule has 5 nitrogen and oxygen atoms in total. The van der Waals surface area contributed by atoms with Crippen LogP contribution < -0.4 is 10.5 Å². The summed E-state index contributed by atoms with van der Waals surface area (Å²) < 4.78 is 10.5. The molecule has 0 unspecified atom stereocenters. The van der Waals surface area contributed by atoms with Crippen LogP contribution in [0.1, 0.15) is 5.56 Å². The van der Waals surface area contributed by atoms with E-state index in [4.69, 9.17) is 15.0 Å². The van der Waals surface area contributed by atoms with Crippen molar-refractivity contribution in [1.29, 1.82) is 0 Å². The molecule has 0 aliphatic rings. The number of benzene rings is 1. The normalized spacial score (nSPS) is 10.4. The van der Waals surface area contributed by atoms with Gasteiger partial charge >= 0.3 is 0 Å². The number of nitrogens with two attached hydrogens (primary N) is 1. The summed E-state index contributed by atoms with van der Waals surface area (Å²) >= 11 is 0. The Morgan fingerprint density at radius 3 is 2.65 bits per heavy atom. The Balaban J connectivity index is 1.69. The molecule has 2 aromatic heterocycles. The Hall–Kier alpha value is -2.82. The standard InChI is InChI=1S/C15H13N3O2/c16-14-10-20-18-15(14)12-3-5-13(6-4-12)19-9-11-2-1-7-17-8-11/h1-8,10H,9,16H2. The number of nitrogen functional groups attached to an aromatic ring is 1. The molecule has 0 saturated heterocycles. The van der Waals surface area contributed by atoms with E-state index in [1.807, 2.05) is 36.4 Å². The van der Waals surface area contributed by atoms with Crippen molar-refractivity contribution in [2.75, 3.05) is 5.73 Å². The number of hydrogen-bond acceptors (Lipinski definition) is 5. The first kappa shape index (κ1) is 12.2. The van der Waals surface area contributed by atoms with E-state index in [2.05, 4.69) is 10.1 Å². The van der Waals surface area contributed by atoms with Gasteiger partial charge in [-0.15, -0.1) is 0 Å². The number of ether oxygens (including phenoxy) is 1. The van der Waals surface area contributed by atoms with Crippen molar-refractivity contribution < 1.29 is 9.26 Å². The molecule has 0 aliphatic carbocycles. The van der Waals surface area contributed by atoms with Gasteiger partial charge in [-0.1, -0.05) is 11.2 Å². The van der Waals surface area contributed by atoms with Crippen molar-refractivity contribution in [3.05, 3.63) is 60.6 Å². The van der Waals surface area contributed by atoms with Crippen LogP contribution in [0, 0.1) is 0 Å². The van der Waals surface area contributed by atoms with Crippen molar-refractivity contribution in [3.63, 3.8) is 0 Å². The monoisotopic (exact) mass is 267 g/mol. The van der Waals surface area contributed by atoms with Gasteiger partial charge in [0.25, 0.3) is 0 Å². The molecule has 0 spiro atoms. The van der Waals surface area contributed by atoms with E-state index >= 15 is 0 Å². The number of aromatic nitrogens is 2. The smallest absolute Gasteiger partial charge is 0.147 e. The minimum Gasteiger partial charge on any atom is -0.489 e. The highest BCUT2D eigenvalue weighted by Crippen LogP contribution is 2.26. The van der Waals surface area contributed by atoms with E-state index in [9.17, 15) is 0 Å². The van der Waals surface area contributed by atoms with E-state index in [0.717, 1.165) is 16.9 Å². The molecule has 2 heterocycles. The predicted octanol–water partition coefficient (Wildman–Crippen LogP) is 2.90. The third-order valence-corrected chi connectivity index (χ3v) is 2.85. The van der Waals surface area contributed by atoms with Crippen LogP contribution in [0.4, 0.5) is 5.69 Å². The number of hydrogen-bond donors (Lipinski definition) is 1. The molecule has 0 fully saturated rings. The molecule has 0 amide bonds. The van der Waals surface area contributed by atoms with Crippen molar-refractivity contribution in [1.82, 2.24) is 10.1 Å². The Labute approximate surface area is 116 Å². The molecule has 100 valence electrons. The van der Waals surface area contributed by atoms with Gasteiger partial charge < -0.3 is 15.0 Å². The quantitative estimate of drug-likeness (QED) is 0.786. The summed E-state index contributed by atoms with van der Waals surface area (Å²) in [6, 6.07) is 11.4. The molecule has 0 atom stereocenters. The number of nitrogens with zero attached hydrogens (tertiary/aromatic N) is 2. The first-order chi connectivity index (χ1) is 9.83. The molecule has 5 heteroatoms. The minimum absolute atomic E-state index is 0.485. The molecule has 20 heavy (non-hydrogen) atoms. The first-order valence-corrected chi connectivity index (χ1v) is 6.15. The fraction of sp³-hybridized carbons (Fsp3) is 0.0667. The zero-order valence-corrected chi connectivity index (χ0v) is 10.7.